The monoisotopic (exact) mass is 387 g/mol. The average Bonchev–Trinajstić information content (AvgIpc) is 2.73. The Hall–Kier alpha value is -3.86. The quantitative estimate of drug-likeness (QED) is 0.582. The van der Waals surface area contributed by atoms with Crippen LogP contribution in [0.3, 0.4) is 0 Å². The molecule has 0 aromatic heterocycles. The Morgan fingerprint density at radius 3 is 2.41 bits per heavy atom. The lowest BCUT2D eigenvalue weighted by Crippen LogP contribution is -2.10. The van der Waals surface area contributed by atoms with Gasteiger partial charge in [0.15, 0.2) is 0 Å². The van der Waals surface area contributed by atoms with Gasteiger partial charge in [0.1, 0.15) is 5.75 Å². The topological polar surface area (TPSA) is 75.6 Å². The maximum Gasteiger partial charge on any atom is 0.335 e. The van der Waals surface area contributed by atoms with E-state index in [2.05, 4.69) is 17.4 Å². The first-order chi connectivity index (χ1) is 14.0. The summed E-state index contributed by atoms with van der Waals surface area (Å²) in [5.74, 6) is -1.07. The van der Waals surface area contributed by atoms with E-state index in [0.717, 1.165) is 22.3 Å². The van der Waals surface area contributed by atoms with Gasteiger partial charge < -0.3 is 15.2 Å². The lowest BCUT2D eigenvalue weighted by atomic mass is 9.98. The van der Waals surface area contributed by atoms with E-state index in [4.69, 9.17) is 9.84 Å². The summed E-state index contributed by atoms with van der Waals surface area (Å²) >= 11 is 0. The number of aryl methyl sites for hydroxylation is 1. The van der Waals surface area contributed by atoms with Gasteiger partial charge in [-0.3, -0.25) is 4.79 Å². The predicted octanol–water partition coefficient (Wildman–Crippen LogP) is 5.02. The molecule has 0 unspecified atom stereocenters. The van der Waals surface area contributed by atoms with Crippen LogP contribution in [0.2, 0.25) is 0 Å². The third-order valence-corrected chi connectivity index (χ3v) is 4.47. The van der Waals surface area contributed by atoms with E-state index in [-0.39, 0.29) is 11.5 Å². The minimum absolute atomic E-state index is 0.0669. The number of carbonyl (C=O) groups is 2. The highest BCUT2D eigenvalue weighted by Crippen LogP contribution is 2.26. The van der Waals surface area contributed by atoms with Crippen molar-refractivity contribution < 1.29 is 19.4 Å². The summed E-state index contributed by atoms with van der Waals surface area (Å²) in [4.78, 5) is 23.5. The SMILES string of the molecule is COc1ccc(C(=O)O)cc1NC(=O)/C=C/c1ccc(-c2ccccc2)c(C)c1. The number of amides is 1. The van der Waals surface area contributed by atoms with Crippen LogP contribution in [-0.2, 0) is 4.79 Å². The van der Waals surface area contributed by atoms with Crippen molar-refractivity contribution in [2.24, 2.45) is 0 Å². The molecule has 0 aliphatic rings. The molecule has 3 aromatic carbocycles. The normalized spacial score (nSPS) is 10.7. The maximum atomic E-state index is 12.3. The molecule has 0 fully saturated rings. The molecule has 0 aliphatic carbocycles. The summed E-state index contributed by atoms with van der Waals surface area (Å²) in [6.45, 7) is 2.03. The number of carboxylic acids is 1. The summed E-state index contributed by atoms with van der Waals surface area (Å²) in [5.41, 5.74) is 4.65. The minimum Gasteiger partial charge on any atom is -0.495 e. The van der Waals surface area contributed by atoms with E-state index in [0.29, 0.717) is 11.4 Å². The molecule has 3 rings (SSSR count). The van der Waals surface area contributed by atoms with E-state index < -0.39 is 5.97 Å². The molecular weight excluding hydrogens is 366 g/mol. The van der Waals surface area contributed by atoms with Crippen LogP contribution in [0, 0.1) is 6.92 Å². The van der Waals surface area contributed by atoms with Crippen LogP contribution in [0.25, 0.3) is 17.2 Å². The number of ether oxygens (including phenoxy) is 1. The second kappa shape index (κ2) is 8.89. The van der Waals surface area contributed by atoms with Crippen molar-refractivity contribution in [2.45, 2.75) is 6.92 Å². The van der Waals surface area contributed by atoms with Crippen molar-refractivity contribution in [1.29, 1.82) is 0 Å². The number of methoxy groups -OCH3 is 1. The lowest BCUT2D eigenvalue weighted by Gasteiger charge is -2.10. The first-order valence-corrected chi connectivity index (χ1v) is 9.04. The van der Waals surface area contributed by atoms with Crippen LogP contribution >= 0.6 is 0 Å². The van der Waals surface area contributed by atoms with Crippen molar-refractivity contribution in [1.82, 2.24) is 0 Å². The third-order valence-electron chi connectivity index (χ3n) is 4.47. The maximum absolute atomic E-state index is 12.3. The van der Waals surface area contributed by atoms with Crippen molar-refractivity contribution in [3.8, 4) is 16.9 Å². The Balaban J connectivity index is 1.75. The molecule has 0 atom stereocenters. The molecule has 1 amide bonds. The van der Waals surface area contributed by atoms with Crippen LogP contribution in [0.4, 0.5) is 5.69 Å². The van der Waals surface area contributed by atoms with Gasteiger partial charge in [0.25, 0.3) is 0 Å². The van der Waals surface area contributed by atoms with E-state index in [1.807, 2.05) is 43.3 Å². The number of rotatable bonds is 6. The highest BCUT2D eigenvalue weighted by atomic mass is 16.5. The van der Waals surface area contributed by atoms with Gasteiger partial charge in [0, 0.05) is 6.08 Å². The number of carbonyl (C=O) groups excluding carboxylic acids is 1. The zero-order chi connectivity index (χ0) is 20.8. The smallest absolute Gasteiger partial charge is 0.335 e. The molecule has 0 radical (unpaired) electrons. The van der Waals surface area contributed by atoms with Crippen LogP contribution in [-0.4, -0.2) is 24.1 Å². The molecule has 3 aromatic rings. The number of hydrogen-bond donors (Lipinski definition) is 2. The number of hydrogen-bond acceptors (Lipinski definition) is 3. The Bertz CT molecular complexity index is 1070. The standard InChI is InChI=1S/C24H21NO4/c1-16-14-17(8-11-20(16)18-6-4-3-5-7-18)9-13-23(26)25-21-15-19(24(27)28)10-12-22(21)29-2/h3-15H,1-2H3,(H,25,26)(H,27,28)/b13-9+. The zero-order valence-electron chi connectivity index (χ0n) is 16.2. The minimum atomic E-state index is -1.08. The molecule has 5 nitrogen and oxygen atoms in total. The zero-order valence-corrected chi connectivity index (χ0v) is 16.2. The van der Waals surface area contributed by atoms with Gasteiger partial charge in [-0.2, -0.15) is 0 Å². The number of anilines is 1. The van der Waals surface area contributed by atoms with Crippen LogP contribution < -0.4 is 10.1 Å². The number of aromatic carboxylic acids is 1. The van der Waals surface area contributed by atoms with E-state index >= 15 is 0 Å². The molecule has 146 valence electrons. The third kappa shape index (κ3) is 4.90. The average molecular weight is 387 g/mol. The van der Waals surface area contributed by atoms with Crippen molar-refractivity contribution in [3.05, 3.63) is 89.5 Å². The number of carboxylic acid groups (broad SMARTS) is 1. The fourth-order valence-electron chi connectivity index (χ4n) is 3.02. The molecule has 29 heavy (non-hydrogen) atoms. The van der Waals surface area contributed by atoms with Gasteiger partial charge in [-0.1, -0.05) is 48.5 Å². The molecule has 2 N–H and O–H groups in total. The molecular formula is C24H21NO4. The number of nitrogens with one attached hydrogen (secondary N) is 1. The van der Waals surface area contributed by atoms with Crippen LogP contribution in [0.15, 0.2) is 72.8 Å². The largest absolute Gasteiger partial charge is 0.495 e. The Labute approximate surface area is 169 Å². The fourth-order valence-corrected chi connectivity index (χ4v) is 3.02. The first kappa shape index (κ1) is 19.9. The molecule has 0 aliphatic heterocycles. The van der Waals surface area contributed by atoms with E-state index in [9.17, 15) is 9.59 Å². The van der Waals surface area contributed by atoms with Crippen molar-refractivity contribution in [2.75, 3.05) is 12.4 Å². The van der Waals surface area contributed by atoms with Gasteiger partial charge in [-0.05, 0) is 53.5 Å². The second-order valence-corrected chi connectivity index (χ2v) is 6.48. The van der Waals surface area contributed by atoms with Crippen molar-refractivity contribution >= 4 is 23.6 Å². The molecule has 0 saturated heterocycles. The summed E-state index contributed by atoms with van der Waals surface area (Å²) in [6.07, 6.45) is 3.12. The molecule has 0 spiro atoms. The Morgan fingerprint density at radius 1 is 1.00 bits per heavy atom. The van der Waals surface area contributed by atoms with Gasteiger partial charge in [-0.25, -0.2) is 4.79 Å². The first-order valence-electron chi connectivity index (χ1n) is 9.04. The molecule has 0 saturated carbocycles. The van der Waals surface area contributed by atoms with Crippen LogP contribution in [0.1, 0.15) is 21.5 Å². The Kier molecular flexibility index (Phi) is 6.09. The van der Waals surface area contributed by atoms with Crippen LogP contribution in [0.5, 0.6) is 5.75 Å². The second-order valence-electron chi connectivity index (χ2n) is 6.48. The molecule has 0 bridgehead atoms. The van der Waals surface area contributed by atoms with E-state index in [1.54, 1.807) is 6.08 Å². The fraction of sp³-hybridized carbons (Fsp3) is 0.0833. The summed E-state index contributed by atoms with van der Waals surface area (Å²) in [7, 11) is 1.46. The number of benzene rings is 3. The van der Waals surface area contributed by atoms with Gasteiger partial charge in [0.05, 0.1) is 18.4 Å². The molecule has 0 heterocycles. The lowest BCUT2D eigenvalue weighted by molar-refractivity contribution is -0.111. The Morgan fingerprint density at radius 2 is 1.76 bits per heavy atom. The van der Waals surface area contributed by atoms with E-state index in [1.165, 1.54) is 31.4 Å². The van der Waals surface area contributed by atoms with Gasteiger partial charge >= 0.3 is 5.97 Å². The summed E-state index contributed by atoms with van der Waals surface area (Å²) in [5, 5.41) is 11.8. The van der Waals surface area contributed by atoms with Crippen molar-refractivity contribution in [3.63, 3.8) is 0 Å². The highest BCUT2D eigenvalue weighted by molar-refractivity contribution is 6.03. The summed E-state index contributed by atoms with van der Waals surface area (Å²) in [6, 6.07) is 20.4. The summed E-state index contributed by atoms with van der Waals surface area (Å²) < 4.78 is 5.18. The van der Waals surface area contributed by atoms with Gasteiger partial charge in [0.2, 0.25) is 5.91 Å². The van der Waals surface area contributed by atoms with Gasteiger partial charge in [-0.15, -0.1) is 0 Å². The molecule has 5 heteroatoms. The predicted molar refractivity (Wildman–Crippen MR) is 114 cm³/mol. The highest BCUT2D eigenvalue weighted by Gasteiger charge is 2.10.